The molecule has 2 atom stereocenters. The Balaban J connectivity index is 2.72. The highest BCUT2D eigenvalue weighted by Gasteiger charge is 2.38. The lowest BCUT2D eigenvalue weighted by Crippen LogP contribution is -2.54. The molecule has 0 aromatic heterocycles. The van der Waals surface area contributed by atoms with Crippen molar-refractivity contribution in [2.24, 2.45) is 0 Å². The van der Waals surface area contributed by atoms with Crippen LogP contribution in [0.2, 0.25) is 0 Å². The summed E-state index contributed by atoms with van der Waals surface area (Å²) in [4.78, 5) is 2.49. The van der Waals surface area contributed by atoms with Gasteiger partial charge in [-0.05, 0) is 46.1 Å². The van der Waals surface area contributed by atoms with Gasteiger partial charge in [0.25, 0.3) is 0 Å². The third-order valence-corrected chi connectivity index (χ3v) is 4.14. The minimum Gasteiger partial charge on any atom is -0.383 e. The first-order valence-electron chi connectivity index (χ1n) is 7.49. The van der Waals surface area contributed by atoms with Crippen LogP contribution in [0.25, 0.3) is 0 Å². The largest absolute Gasteiger partial charge is 0.383 e. The van der Waals surface area contributed by atoms with Gasteiger partial charge >= 0.3 is 0 Å². The second-order valence-corrected chi connectivity index (χ2v) is 5.80. The van der Waals surface area contributed by atoms with Crippen LogP contribution in [-0.2, 0) is 4.74 Å². The summed E-state index contributed by atoms with van der Waals surface area (Å²) in [7, 11) is 1.75. The molecular weight excluding hydrogens is 238 g/mol. The molecule has 110 valence electrons. The lowest BCUT2D eigenvalue weighted by molar-refractivity contribution is 0.0622. The number of methoxy groups -OCH3 is 1. The standard InChI is InChI=1S/C15H29N3O/c1-5-17-15(12-16)8-6-7-14(11-15)18(13(2)3)9-10-19-4/h13-14,17H,5-11H2,1-4H3. The summed E-state index contributed by atoms with van der Waals surface area (Å²) in [5.74, 6) is 0. The number of hydrogen-bond acceptors (Lipinski definition) is 4. The lowest BCUT2D eigenvalue weighted by Gasteiger charge is -2.43. The Kier molecular flexibility index (Phi) is 6.78. The molecule has 4 heteroatoms. The molecule has 0 heterocycles. The zero-order valence-corrected chi connectivity index (χ0v) is 12.9. The number of hydrogen-bond donors (Lipinski definition) is 1. The minimum atomic E-state index is -0.322. The second kappa shape index (κ2) is 7.84. The van der Waals surface area contributed by atoms with E-state index in [1.807, 2.05) is 0 Å². The van der Waals surface area contributed by atoms with Crippen molar-refractivity contribution in [3.05, 3.63) is 0 Å². The minimum absolute atomic E-state index is 0.322. The Morgan fingerprint density at radius 2 is 2.26 bits per heavy atom. The van der Waals surface area contributed by atoms with Gasteiger partial charge in [-0.25, -0.2) is 0 Å². The van der Waals surface area contributed by atoms with Crippen LogP contribution in [0.5, 0.6) is 0 Å². The molecule has 0 spiro atoms. The summed E-state index contributed by atoms with van der Waals surface area (Å²) in [5.41, 5.74) is -0.322. The third kappa shape index (κ3) is 4.45. The highest BCUT2D eigenvalue weighted by atomic mass is 16.5. The van der Waals surface area contributed by atoms with Crippen molar-refractivity contribution in [2.75, 3.05) is 26.8 Å². The Morgan fingerprint density at radius 3 is 2.79 bits per heavy atom. The van der Waals surface area contributed by atoms with Crippen molar-refractivity contribution in [2.45, 2.75) is 64.1 Å². The first kappa shape index (κ1) is 16.4. The second-order valence-electron chi connectivity index (χ2n) is 5.80. The van der Waals surface area contributed by atoms with Crippen LogP contribution in [0.4, 0.5) is 0 Å². The fourth-order valence-electron chi connectivity index (χ4n) is 3.23. The Labute approximate surface area is 118 Å². The van der Waals surface area contributed by atoms with E-state index in [-0.39, 0.29) is 5.54 Å². The number of nitriles is 1. The molecule has 1 saturated carbocycles. The van der Waals surface area contributed by atoms with E-state index in [1.54, 1.807) is 7.11 Å². The van der Waals surface area contributed by atoms with Crippen LogP contribution in [0.1, 0.15) is 46.5 Å². The highest BCUT2D eigenvalue weighted by molar-refractivity contribution is 5.11. The molecule has 0 aromatic carbocycles. The number of nitrogens with one attached hydrogen (secondary N) is 1. The molecule has 0 saturated heterocycles. The first-order chi connectivity index (χ1) is 9.08. The molecule has 0 radical (unpaired) electrons. The molecule has 1 fully saturated rings. The predicted molar refractivity (Wildman–Crippen MR) is 78.0 cm³/mol. The van der Waals surface area contributed by atoms with Crippen LogP contribution < -0.4 is 5.32 Å². The van der Waals surface area contributed by atoms with Crippen LogP contribution in [0, 0.1) is 11.3 Å². The highest BCUT2D eigenvalue weighted by Crippen LogP contribution is 2.31. The molecule has 4 nitrogen and oxygen atoms in total. The summed E-state index contributed by atoms with van der Waals surface area (Å²) in [5, 5.41) is 12.9. The van der Waals surface area contributed by atoms with Gasteiger partial charge in [-0.15, -0.1) is 0 Å². The molecule has 0 amide bonds. The number of ether oxygens (including phenoxy) is 1. The Morgan fingerprint density at radius 1 is 1.53 bits per heavy atom. The maximum atomic E-state index is 9.53. The summed E-state index contributed by atoms with van der Waals surface area (Å²) in [6.07, 6.45) is 4.22. The molecule has 1 aliphatic rings. The summed E-state index contributed by atoms with van der Waals surface area (Å²) >= 11 is 0. The van der Waals surface area contributed by atoms with Crippen molar-refractivity contribution in [1.29, 1.82) is 5.26 Å². The van der Waals surface area contributed by atoms with Gasteiger partial charge in [0.2, 0.25) is 0 Å². The molecule has 1 aliphatic carbocycles. The maximum Gasteiger partial charge on any atom is 0.108 e. The van der Waals surface area contributed by atoms with Gasteiger partial charge < -0.3 is 4.74 Å². The fourth-order valence-corrected chi connectivity index (χ4v) is 3.23. The molecule has 0 aromatic rings. The van der Waals surface area contributed by atoms with Gasteiger partial charge in [0.15, 0.2) is 0 Å². The predicted octanol–water partition coefficient (Wildman–Crippen LogP) is 2.16. The van der Waals surface area contributed by atoms with E-state index in [2.05, 4.69) is 37.1 Å². The van der Waals surface area contributed by atoms with Gasteiger partial charge in [0.1, 0.15) is 5.54 Å². The molecule has 19 heavy (non-hydrogen) atoms. The van der Waals surface area contributed by atoms with Crippen molar-refractivity contribution in [3.8, 4) is 6.07 Å². The topological polar surface area (TPSA) is 48.3 Å². The van der Waals surface area contributed by atoms with E-state index in [1.165, 1.54) is 6.42 Å². The summed E-state index contributed by atoms with van der Waals surface area (Å²) in [6.45, 7) is 9.10. The molecular formula is C15H29N3O. The molecule has 0 aliphatic heterocycles. The molecule has 1 N–H and O–H groups in total. The average molecular weight is 267 g/mol. The summed E-state index contributed by atoms with van der Waals surface area (Å²) in [6, 6.07) is 3.51. The zero-order chi connectivity index (χ0) is 14.3. The smallest absolute Gasteiger partial charge is 0.108 e. The first-order valence-corrected chi connectivity index (χ1v) is 7.49. The van der Waals surface area contributed by atoms with Crippen LogP contribution in [-0.4, -0.2) is 49.3 Å². The third-order valence-electron chi connectivity index (χ3n) is 4.14. The SMILES string of the molecule is CCNC1(C#N)CCCC(N(CCOC)C(C)C)C1. The van der Waals surface area contributed by atoms with Crippen LogP contribution in [0.3, 0.4) is 0 Å². The van der Waals surface area contributed by atoms with E-state index in [0.717, 1.165) is 39.0 Å². The zero-order valence-electron chi connectivity index (χ0n) is 12.9. The van der Waals surface area contributed by atoms with E-state index in [0.29, 0.717) is 12.1 Å². The Bertz CT molecular complexity index is 296. The van der Waals surface area contributed by atoms with Gasteiger partial charge in [-0.2, -0.15) is 5.26 Å². The van der Waals surface area contributed by atoms with Crippen molar-refractivity contribution in [1.82, 2.24) is 10.2 Å². The summed E-state index contributed by atoms with van der Waals surface area (Å²) < 4.78 is 5.22. The fraction of sp³-hybridized carbons (Fsp3) is 0.933. The van der Waals surface area contributed by atoms with Crippen LogP contribution >= 0.6 is 0 Å². The van der Waals surface area contributed by atoms with Gasteiger partial charge in [0.05, 0.1) is 12.7 Å². The lowest BCUT2D eigenvalue weighted by atomic mass is 9.79. The normalized spacial score (nSPS) is 27.7. The van der Waals surface area contributed by atoms with Crippen LogP contribution in [0.15, 0.2) is 0 Å². The molecule has 0 bridgehead atoms. The maximum absolute atomic E-state index is 9.53. The number of nitrogens with zero attached hydrogens (tertiary/aromatic N) is 2. The van der Waals surface area contributed by atoms with Gasteiger partial charge in [-0.1, -0.05) is 6.92 Å². The van der Waals surface area contributed by atoms with Crippen molar-refractivity contribution >= 4 is 0 Å². The number of rotatable bonds is 7. The van der Waals surface area contributed by atoms with E-state index >= 15 is 0 Å². The monoisotopic (exact) mass is 267 g/mol. The van der Waals surface area contributed by atoms with E-state index in [4.69, 9.17) is 4.74 Å². The average Bonchev–Trinajstić information content (AvgIpc) is 2.39. The van der Waals surface area contributed by atoms with E-state index < -0.39 is 0 Å². The molecule has 1 rings (SSSR count). The van der Waals surface area contributed by atoms with Crippen molar-refractivity contribution < 1.29 is 4.74 Å². The molecule has 2 unspecified atom stereocenters. The Hall–Kier alpha value is -0.630. The van der Waals surface area contributed by atoms with E-state index in [9.17, 15) is 5.26 Å². The van der Waals surface area contributed by atoms with Gasteiger partial charge in [-0.3, -0.25) is 10.2 Å². The quantitative estimate of drug-likeness (QED) is 0.768. The van der Waals surface area contributed by atoms with Crippen molar-refractivity contribution in [3.63, 3.8) is 0 Å². The van der Waals surface area contributed by atoms with Gasteiger partial charge in [0, 0.05) is 25.7 Å².